The molecule has 1 atom stereocenters. The van der Waals surface area contributed by atoms with Crippen LogP contribution in [-0.2, 0) is 5.72 Å². The minimum absolute atomic E-state index is 0.236. The maximum atomic E-state index is 13.1. The summed E-state index contributed by atoms with van der Waals surface area (Å²) in [7, 11) is 0. The van der Waals surface area contributed by atoms with E-state index in [0.29, 0.717) is 16.8 Å². The lowest BCUT2D eigenvalue weighted by Gasteiger charge is -2.31. The summed E-state index contributed by atoms with van der Waals surface area (Å²) in [6, 6.07) is 27.7. The van der Waals surface area contributed by atoms with Crippen LogP contribution in [-0.4, -0.2) is 21.7 Å². The highest BCUT2D eigenvalue weighted by molar-refractivity contribution is 6.05. The molecule has 4 nitrogen and oxygen atoms in total. The van der Waals surface area contributed by atoms with Crippen molar-refractivity contribution in [3.05, 3.63) is 108 Å². The number of benzene rings is 3. The van der Waals surface area contributed by atoms with Crippen LogP contribution >= 0.6 is 0 Å². The minimum atomic E-state index is -1.51. The molecule has 128 valence electrons. The molecule has 0 aromatic heterocycles. The van der Waals surface area contributed by atoms with Crippen LogP contribution in [0.5, 0.6) is 0 Å². The van der Waals surface area contributed by atoms with Gasteiger partial charge in [-0.2, -0.15) is 10.1 Å². The Bertz CT molecular complexity index is 940. The molecule has 26 heavy (non-hydrogen) atoms. The maximum absolute atomic E-state index is 13.1. The van der Waals surface area contributed by atoms with Gasteiger partial charge in [-0.1, -0.05) is 78.9 Å². The molecular formula is C22H18N2O2. The van der Waals surface area contributed by atoms with Crippen LogP contribution in [0, 0.1) is 0 Å². The third-order valence-corrected chi connectivity index (χ3v) is 4.54. The van der Waals surface area contributed by atoms with Crippen molar-refractivity contribution in [3.8, 4) is 0 Å². The van der Waals surface area contributed by atoms with Gasteiger partial charge in [-0.3, -0.25) is 4.79 Å². The highest BCUT2D eigenvalue weighted by Crippen LogP contribution is 2.37. The van der Waals surface area contributed by atoms with Gasteiger partial charge in [-0.05, 0) is 17.7 Å². The number of nitrogens with zero attached hydrogens (tertiary/aromatic N) is 2. The molecule has 1 aliphatic heterocycles. The highest BCUT2D eigenvalue weighted by atomic mass is 16.3. The number of aliphatic hydroxyl groups is 1. The van der Waals surface area contributed by atoms with E-state index in [9.17, 15) is 9.90 Å². The topological polar surface area (TPSA) is 52.9 Å². The second kappa shape index (κ2) is 6.58. The summed E-state index contributed by atoms with van der Waals surface area (Å²) < 4.78 is 0. The van der Waals surface area contributed by atoms with Gasteiger partial charge >= 0.3 is 0 Å². The monoisotopic (exact) mass is 342 g/mol. The molecule has 0 aliphatic carbocycles. The Kier molecular flexibility index (Phi) is 4.11. The number of hydrogen-bond acceptors (Lipinski definition) is 3. The van der Waals surface area contributed by atoms with Crippen molar-refractivity contribution in [3.63, 3.8) is 0 Å². The third kappa shape index (κ3) is 2.80. The molecule has 0 bridgehead atoms. The first kappa shape index (κ1) is 16.2. The summed E-state index contributed by atoms with van der Waals surface area (Å²) in [5, 5.41) is 17.2. The number of amides is 1. The molecule has 3 aromatic rings. The molecule has 0 saturated heterocycles. The zero-order chi connectivity index (χ0) is 18.0. The van der Waals surface area contributed by atoms with Crippen LogP contribution < -0.4 is 0 Å². The van der Waals surface area contributed by atoms with Gasteiger partial charge in [0.05, 0.1) is 5.71 Å². The SMILES string of the molecule is O=C(c1ccccc1)N1N=C(c2ccccc2)CC1(O)c1ccccc1. The molecule has 0 spiro atoms. The summed E-state index contributed by atoms with van der Waals surface area (Å²) >= 11 is 0. The molecule has 0 saturated carbocycles. The lowest BCUT2D eigenvalue weighted by atomic mass is 9.94. The second-order valence-corrected chi connectivity index (χ2v) is 6.26. The van der Waals surface area contributed by atoms with Crippen LogP contribution in [0.4, 0.5) is 0 Å². The van der Waals surface area contributed by atoms with Gasteiger partial charge in [0.25, 0.3) is 5.91 Å². The van der Waals surface area contributed by atoms with E-state index in [2.05, 4.69) is 5.10 Å². The summed E-state index contributed by atoms with van der Waals surface area (Å²) in [4.78, 5) is 13.1. The number of rotatable bonds is 3. The first-order valence-electron chi connectivity index (χ1n) is 8.49. The lowest BCUT2D eigenvalue weighted by Crippen LogP contribution is -2.43. The molecule has 4 heteroatoms. The third-order valence-electron chi connectivity index (χ3n) is 4.54. The van der Waals surface area contributed by atoms with E-state index < -0.39 is 5.72 Å². The molecule has 1 N–H and O–H groups in total. The van der Waals surface area contributed by atoms with Crippen molar-refractivity contribution >= 4 is 11.6 Å². The number of carbonyl (C=O) groups is 1. The standard InChI is InChI=1S/C22H18N2O2/c25-21(18-12-6-2-7-13-18)24-22(26,19-14-8-3-9-15-19)16-20(23-24)17-10-4-1-5-11-17/h1-15,26H,16H2. The van der Waals surface area contributed by atoms with Crippen LogP contribution in [0.15, 0.2) is 96.1 Å². The smallest absolute Gasteiger partial charge is 0.276 e. The normalized spacial score (nSPS) is 19.3. The van der Waals surface area contributed by atoms with E-state index >= 15 is 0 Å². The molecular weight excluding hydrogens is 324 g/mol. The number of hydrazone groups is 1. The summed E-state index contributed by atoms with van der Waals surface area (Å²) in [6.07, 6.45) is 0.236. The molecule has 1 amide bonds. The van der Waals surface area contributed by atoms with Crippen LogP contribution in [0.25, 0.3) is 0 Å². The van der Waals surface area contributed by atoms with Gasteiger partial charge in [-0.25, -0.2) is 0 Å². The van der Waals surface area contributed by atoms with Gasteiger partial charge in [0, 0.05) is 17.5 Å². The molecule has 3 aromatic carbocycles. The van der Waals surface area contributed by atoms with E-state index in [-0.39, 0.29) is 12.3 Å². The lowest BCUT2D eigenvalue weighted by molar-refractivity contribution is -0.0765. The zero-order valence-electron chi connectivity index (χ0n) is 14.1. The molecule has 1 heterocycles. The Morgan fingerprint density at radius 1 is 0.846 bits per heavy atom. The molecule has 0 fully saturated rings. The van der Waals surface area contributed by atoms with Crippen molar-refractivity contribution < 1.29 is 9.90 Å². The van der Waals surface area contributed by atoms with Crippen LogP contribution in [0.1, 0.15) is 27.9 Å². The van der Waals surface area contributed by atoms with Crippen molar-refractivity contribution in [1.82, 2.24) is 5.01 Å². The van der Waals surface area contributed by atoms with Crippen molar-refractivity contribution in [1.29, 1.82) is 0 Å². The van der Waals surface area contributed by atoms with E-state index in [1.807, 2.05) is 66.7 Å². The molecule has 4 rings (SSSR count). The maximum Gasteiger partial charge on any atom is 0.276 e. The van der Waals surface area contributed by atoms with Crippen molar-refractivity contribution in [2.45, 2.75) is 12.1 Å². The van der Waals surface area contributed by atoms with Gasteiger partial charge < -0.3 is 5.11 Å². The van der Waals surface area contributed by atoms with Gasteiger partial charge in [0.15, 0.2) is 5.72 Å². The van der Waals surface area contributed by atoms with E-state index in [1.54, 1.807) is 24.3 Å². The van der Waals surface area contributed by atoms with E-state index in [0.717, 1.165) is 5.56 Å². The Morgan fingerprint density at radius 3 is 2.00 bits per heavy atom. The first-order valence-corrected chi connectivity index (χ1v) is 8.49. The van der Waals surface area contributed by atoms with E-state index in [4.69, 9.17) is 0 Å². The average molecular weight is 342 g/mol. The summed E-state index contributed by atoms with van der Waals surface area (Å²) in [5.41, 5.74) is 1.18. The fourth-order valence-corrected chi connectivity index (χ4v) is 3.18. The quantitative estimate of drug-likeness (QED) is 0.787. The predicted molar refractivity (Wildman–Crippen MR) is 101 cm³/mol. The van der Waals surface area contributed by atoms with Crippen LogP contribution in [0.2, 0.25) is 0 Å². The largest absolute Gasteiger partial charge is 0.365 e. The van der Waals surface area contributed by atoms with Crippen molar-refractivity contribution in [2.24, 2.45) is 5.10 Å². The Balaban J connectivity index is 1.80. The van der Waals surface area contributed by atoms with Crippen molar-refractivity contribution in [2.75, 3.05) is 0 Å². The molecule has 0 radical (unpaired) electrons. The molecule has 1 aliphatic rings. The first-order chi connectivity index (χ1) is 12.7. The Labute approximate surface area is 152 Å². The van der Waals surface area contributed by atoms with E-state index in [1.165, 1.54) is 5.01 Å². The zero-order valence-corrected chi connectivity index (χ0v) is 14.1. The number of hydrogen-bond donors (Lipinski definition) is 1. The number of carbonyl (C=O) groups excluding carboxylic acids is 1. The van der Waals surface area contributed by atoms with Gasteiger partial charge in [-0.15, -0.1) is 0 Å². The minimum Gasteiger partial charge on any atom is -0.365 e. The fraction of sp³-hybridized carbons (Fsp3) is 0.0909. The summed E-state index contributed by atoms with van der Waals surface area (Å²) in [6.45, 7) is 0. The fourth-order valence-electron chi connectivity index (χ4n) is 3.18. The highest BCUT2D eigenvalue weighted by Gasteiger charge is 2.46. The van der Waals surface area contributed by atoms with Crippen LogP contribution in [0.3, 0.4) is 0 Å². The van der Waals surface area contributed by atoms with Gasteiger partial charge in [0.1, 0.15) is 0 Å². The Hall–Kier alpha value is -3.24. The second-order valence-electron chi connectivity index (χ2n) is 6.26. The predicted octanol–water partition coefficient (Wildman–Crippen LogP) is 3.78. The Morgan fingerprint density at radius 2 is 1.38 bits per heavy atom. The molecule has 1 unspecified atom stereocenters. The van der Waals surface area contributed by atoms with Gasteiger partial charge in [0.2, 0.25) is 0 Å². The summed E-state index contributed by atoms with van der Waals surface area (Å²) in [5.74, 6) is -0.331. The average Bonchev–Trinajstić information content (AvgIpc) is 3.08.